The summed E-state index contributed by atoms with van der Waals surface area (Å²) in [6.45, 7) is 3.66. The molecule has 1 aliphatic heterocycles. The number of aromatic nitrogens is 1. The largest absolute Gasteiger partial charge is 0.342 e. The normalized spacial score (nSPS) is 16.0. The molecule has 5 nitrogen and oxygen atoms in total. The van der Waals surface area contributed by atoms with Gasteiger partial charge in [0, 0.05) is 38.6 Å². The molecule has 0 atom stereocenters. The van der Waals surface area contributed by atoms with Crippen LogP contribution in [0.15, 0.2) is 5.38 Å². The van der Waals surface area contributed by atoms with Crippen LogP contribution in [0.25, 0.3) is 0 Å². The van der Waals surface area contributed by atoms with E-state index in [9.17, 15) is 4.79 Å². The average molecular weight is 275 g/mol. The van der Waals surface area contributed by atoms with Gasteiger partial charge in [0.25, 0.3) is 0 Å². The summed E-state index contributed by atoms with van der Waals surface area (Å²) in [4.78, 5) is 19.8. The highest BCUT2D eigenvalue weighted by atomic mass is 35.5. The lowest BCUT2D eigenvalue weighted by molar-refractivity contribution is -0.130. The third-order valence-corrected chi connectivity index (χ3v) is 3.91. The molecule has 7 heteroatoms. The molecule has 1 amide bonds. The van der Waals surface area contributed by atoms with Crippen LogP contribution in [0.3, 0.4) is 0 Å². The molecule has 2 heterocycles. The van der Waals surface area contributed by atoms with Crippen LogP contribution in [0.5, 0.6) is 0 Å². The lowest BCUT2D eigenvalue weighted by Crippen LogP contribution is -2.49. The molecule has 1 N–H and O–H groups in total. The second-order valence-corrected chi connectivity index (χ2v) is 5.16. The standard InChI is InChI=1S/C10H15ClN4OS/c1-14(10-13-8(11)7-17-10)6-9(16)15-4-2-12-3-5-15/h7,12H,2-6H2,1H3. The van der Waals surface area contributed by atoms with Crippen molar-refractivity contribution in [3.63, 3.8) is 0 Å². The Bertz CT molecular complexity index is 391. The summed E-state index contributed by atoms with van der Waals surface area (Å²) >= 11 is 7.20. The minimum Gasteiger partial charge on any atom is -0.342 e. The number of carbonyl (C=O) groups is 1. The van der Waals surface area contributed by atoms with E-state index in [-0.39, 0.29) is 5.91 Å². The van der Waals surface area contributed by atoms with Crippen molar-refractivity contribution < 1.29 is 4.79 Å². The minimum absolute atomic E-state index is 0.139. The van der Waals surface area contributed by atoms with E-state index in [4.69, 9.17) is 11.6 Å². The molecule has 17 heavy (non-hydrogen) atoms. The van der Waals surface area contributed by atoms with Crippen LogP contribution >= 0.6 is 22.9 Å². The predicted octanol–water partition coefficient (Wildman–Crippen LogP) is 0.665. The highest BCUT2D eigenvalue weighted by Crippen LogP contribution is 2.21. The topological polar surface area (TPSA) is 48.5 Å². The summed E-state index contributed by atoms with van der Waals surface area (Å²) in [5.41, 5.74) is 0. The Morgan fingerprint density at radius 1 is 1.65 bits per heavy atom. The van der Waals surface area contributed by atoms with Gasteiger partial charge in [-0.15, -0.1) is 11.3 Å². The zero-order valence-electron chi connectivity index (χ0n) is 9.65. The summed E-state index contributed by atoms with van der Waals surface area (Å²) in [6, 6.07) is 0. The summed E-state index contributed by atoms with van der Waals surface area (Å²) < 4.78 is 0. The number of carbonyl (C=O) groups excluding carboxylic acids is 1. The van der Waals surface area contributed by atoms with E-state index in [0.717, 1.165) is 31.3 Å². The molecule has 0 saturated carbocycles. The van der Waals surface area contributed by atoms with Gasteiger partial charge in [0.1, 0.15) is 5.15 Å². The number of nitrogens with one attached hydrogen (secondary N) is 1. The van der Waals surface area contributed by atoms with Crippen molar-refractivity contribution in [3.05, 3.63) is 10.5 Å². The maximum atomic E-state index is 12.0. The van der Waals surface area contributed by atoms with Crippen molar-refractivity contribution in [2.45, 2.75) is 0 Å². The molecule has 0 spiro atoms. The summed E-state index contributed by atoms with van der Waals surface area (Å²) in [5.74, 6) is 0.139. The third kappa shape index (κ3) is 3.31. The van der Waals surface area contributed by atoms with Crippen molar-refractivity contribution >= 4 is 34.0 Å². The lowest BCUT2D eigenvalue weighted by atomic mass is 10.3. The van der Waals surface area contributed by atoms with E-state index < -0.39 is 0 Å². The zero-order chi connectivity index (χ0) is 12.3. The number of hydrogen-bond acceptors (Lipinski definition) is 5. The fourth-order valence-corrected chi connectivity index (χ4v) is 2.62. The highest BCUT2D eigenvalue weighted by molar-refractivity contribution is 7.14. The molecule has 0 aliphatic carbocycles. The van der Waals surface area contributed by atoms with Gasteiger partial charge in [-0.3, -0.25) is 4.79 Å². The number of amides is 1. The van der Waals surface area contributed by atoms with Gasteiger partial charge in [-0.1, -0.05) is 11.6 Å². The molecular formula is C10H15ClN4OS. The molecule has 1 aromatic heterocycles. The number of likely N-dealkylation sites (N-methyl/N-ethyl adjacent to an activating group) is 1. The lowest BCUT2D eigenvalue weighted by Gasteiger charge is -2.29. The van der Waals surface area contributed by atoms with Crippen LogP contribution in [-0.2, 0) is 4.79 Å². The first kappa shape index (κ1) is 12.6. The molecular weight excluding hydrogens is 260 g/mol. The van der Waals surface area contributed by atoms with Gasteiger partial charge in [0.05, 0.1) is 6.54 Å². The van der Waals surface area contributed by atoms with E-state index >= 15 is 0 Å². The average Bonchev–Trinajstić information content (AvgIpc) is 2.77. The summed E-state index contributed by atoms with van der Waals surface area (Å²) in [5, 5.41) is 6.24. The van der Waals surface area contributed by atoms with Gasteiger partial charge < -0.3 is 15.1 Å². The van der Waals surface area contributed by atoms with E-state index in [1.54, 1.807) is 5.38 Å². The molecule has 0 bridgehead atoms. The Hall–Kier alpha value is -0.850. The van der Waals surface area contributed by atoms with Crippen LogP contribution in [0, 0.1) is 0 Å². The second-order valence-electron chi connectivity index (χ2n) is 3.94. The van der Waals surface area contributed by atoms with E-state index in [2.05, 4.69) is 10.3 Å². The number of hydrogen-bond donors (Lipinski definition) is 1. The number of piperazine rings is 1. The van der Waals surface area contributed by atoms with Gasteiger partial charge >= 0.3 is 0 Å². The first-order valence-electron chi connectivity index (χ1n) is 5.47. The Kier molecular flexibility index (Phi) is 4.20. The van der Waals surface area contributed by atoms with Crippen molar-refractivity contribution in [2.24, 2.45) is 0 Å². The fraction of sp³-hybridized carbons (Fsp3) is 0.600. The predicted molar refractivity (Wildman–Crippen MR) is 69.8 cm³/mol. The monoisotopic (exact) mass is 274 g/mol. The van der Waals surface area contributed by atoms with Gasteiger partial charge in [0.15, 0.2) is 5.13 Å². The SMILES string of the molecule is CN(CC(=O)N1CCNCC1)c1nc(Cl)cs1. The van der Waals surface area contributed by atoms with Crippen molar-refractivity contribution in [2.75, 3.05) is 44.7 Å². The van der Waals surface area contributed by atoms with Gasteiger partial charge in [-0.05, 0) is 0 Å². The van der Waals surface area contributed by atoms with Crippen LogP contribution in [0.4, 0.5) is 5.13 Å². The highest BCUT2D eigenvalue weighted by Gasteiger charge is 2.18. The quantitative estimate of drug-likeness (QED) is 0.880. The number of rotatable bonds is 3. The molecule has 94 valence electrons. The Morgan fingerprint density at radius 3 is 2.94 bits per heavy atom. The van der Waals surface area contributed by atoms with Gasteiger partial charge in [-0.25, -0.2) is 4.98 Å². The van der Waals surface area contributed by atoms with E-state index in [1.165, 1.54) is 11.3 Å². The Labute approximate surface area is 109 Å². The van der Waals surface area contributed by atoms with Crippen LogP contribution in [0.1, 0.15) is 0 Å². The van der Waals surface area contributed by atoms with E-state index in [1.807, 2.05) is 16.8 Å². The molecule has 1 fully saturated rings. The maximum absolute atomic E-state index is 12.0. The number of halogens is 1. The Balaban J connectivity index is 1.89. The number of thiazole rings is 1. The first-order chi connectivity index (χ1) is 8.16. The first-order valence-corrected chi connectivity index (χ1v) is 6.73. The molecule has 0 aromatic carbocycles. The van der Waals surface area contributed by atoms with Crippen LogP contribution < -0.4 is 10.2 Å². The minimum atomic E-state index is 0.139. The van der Waals surface area contributed by atoms with Crippen molar-refractivity contribution in [1.29, 1.82) is 0 Å². The Morgan fingerprint density at radius 2 is 2.35 bits per heavy atom. The van der Waals surface area contributed by atoms with Crippen LogP contribution in [-0.4, -0.2) is 55.6 Å². The zero-order valence-corrected chi connectivity index (χ0v) is 11.2. The smallest absolute Gasteiger partial charge is 0.242 e. The number of nitrogens with zero attached hydrogens (tertiary/aromatic N) is 3. The van der Waals surface area contributed by atoms with Crippen molar-refractivity contribution in [3.8, 4) is 0 Å². The molecule has 1 aromatic rings. The van der Waals surface area contributed by atoms with Crippen LogP contribution in [0.2, 0.25) is 5.15 Å². The third-order valence-electron chi connectivity index (χ3n) is 2.63. The number of anilines is 1. The maximum Gasteiger partial charge on any atom is 0.242 e. The van der Waals surface area contributed by atoms with Gasteiger partial charge in [-0.2, -0.15) is 0 Å². The fourth-order valence-electron chi connectivity index (χ4n) is 1.71. The molecule has 2 rings (SSSR count). The summed E-state index contributed by atoms with van der Waals surface area (Å²) in [7, 11) is 1.86. The molecule has 0 radical (unpaired) electrons. The van der Waals surface area contributed by atoms with E-state index in [0.29, 0.717) is 11.7 Å². The summed E-state index contributed by atoms with van der Waals surface area (Å²) in [6.07, 6.45) is 0. The van der Waals surface area contributed by atoms with Gasteiger partial charge in [0.2, 0.25) is 5.91 Å². The molecule has 0 unspecified atom stereocenters. The molecule has 1 aliphatic rings. The van der Waals surface area contributed by atoms with Crippen molar-refractivity contribution in [1.82, 2.24) is 15.2 Å². The second kappa shape index (κ2) is 5.66. The molecule has 1 saturated heterocycles.